The van der Waals surface area contributed by atoms with E-state index in [9.17, 15) is 9.13 Å². The van der Waals surface area contributed by atoms with Crippen molar-refractivity contribution in [3.05, 3.63) is 0 Å². The second kappa shape index (κ2) is 8.41. The monoisotopic (exact) mass is 436 g/mol. The lowest BCUT2D eigenvalue weighted by molar-refractivity contribution is 0.268. The molecule has 1 aliphatic heterocycles. The molecule has 0 radical (unpaired) electrons. The molecule has 0 aromatic heterocycles. The molecule has 2 atom stereocenters. The first-order valence-electron chi connectivity index (χ1n) is 11.0. The standard InChI is InChI=1S/C19H35O5P3/c1-25(17-11-5-2-6-12-17)22-26(20,18-13-7-3-8-14-18)24-27(21,23-25)19-15-9-4-10-16-19/h17-19H,1-16H2. The summed E-state index contributed by atoms with van der Waals surface area (Å²) in [6.07, 6.45) is 19.7. The van der Waals surface area contributed by atoms with Crippen molar-refractivity contribution >= 4 is 28.8 Å². The molecule has 1 heterocycles. The predicted molar refractivity (Wildman–Crippen MR) is 113 cm³/mol. The summed E-state index contributed by atoms with van der Waals surface area (Å²) >= 11 is 0. The zero-order valence-corrected chi connectivity index (χ0v) is 19.1. The third-order valence-electron chi connectivity index (χ3n) is 6.91. The van der Waals surface area contributed by atoms with E-state index in [1.807, 2.05) is 0 Å². The molecule has 4 aliphatic rings. The van der Waals surface area contributed by atoms with Crippen molar-refractivity contribution in [2.24, 2.45) is 0 Å². The fourth-order valence-corrected chi connectivity index (χ4v) is 17.1. The summed E-state index contributed by atoms with van der Waals surface area (Å²) in [6, 6.07) is 0. The van der Waals surface area contributed by atoms with E-state index in [2.05, 4.69) is 6.30 Å². The molecule has 0 N–H and O–H groups in total. The maximum Gasteiger partial charge on any atom is 0.345 e. The van der Waals surface area contributed by atoms with Crippen molar-refractivity contribution in [1.82, 2.24) is 0 Å². The molecule has 4 fully saturated rings. The molecule has 3 aliphatic carbocycles. The number of hydrogen-bond donors (Lipinski definition) is 0. The quantitative estimate of drug-likeness (QED) is 0.424. The summed E-state index contributed by atoms with van der Waals surface area (Å²) in [5.74, 6) is 0. The van der Waals surface area contributed by atoms with Crippen LogP contribution in [0.15, 0.2) is 0 Å². The van der Waals surface area contributed by atoms with Crippen LogP contribution in [0.1, 0.15) is 96.3 Å². The molecular formula is C19H35O5P3. The Labute approximate surface area is 164 Å². The van der Waals surface area contributed by atoms with Gasteiger partial charge in [0.1, 0.15) is 7.34 Å². The maximum absolute atomic E-state index is 14.0. The summed E-state index contributed by atoms with van der Waals surface area (Å²) in [7, 11) is -9.65. The maximum atomic E-state index is 14.0. The minimum atomic E-state index is -3.47. The molecule has 4 rings (SSSR count). The topological polar surface area (TPSA) is 61.8 Å². The first kappa shape index (κ1) is 20.9. The van der Waals surface area contributed by atoms with Crippen LogP contribution in [0.5, 0.6) is 0 Å². The predicted octanol–water partition coefficient (Wildman–Crippen LogP) is 7.71. The Balaban J connectivity index is 1.66. The minimum absolute atomic E-state index is 0.128. The van der Waals surface area contributed by atoms with E-state index in [4.69, 9.17) is 12.9 Å². The molecular weight excluding hydrogens is 401 g/mol. The molecule has 0 spiro atoms. The van der Waals surface area contributed by atoms with Crippen molar-refractivity contribution in [3.63, 3.8) is 0 Å². The van der Waals surface area contributed by atoms with Crippen molar-refractivity contribution in [3.8, 4) is 0 Å². The first-order chi connectivity index (χ1) is 12.9. The lowest BCUT2D eigenvalue weighted by Gasteiger charge is -2.47. The second-order valence-corrected chi connectivity index (χ2v) is 16.7. The number of hydrogen-bond acceptors (Lipinski definition) is 5. The van der Waals surface area contributed by atoms with Gasteiger partial charge in [-0.1, -0.05) is 64.1 Å². The van der Waals surface area contributed by atoms with Crippen LogP contribution in [-0.4, -0.2) is 23.3 Å². The van der Waals surface area contributed by atoms with Gasteiger partial charge in [0.2, 0.25) is 0 Å². The van der Waals surface area contributed by atoms with Gasteiger partial charge in [0.25, 0.3) is 0 Å². The minimum Gasteiger partial charge on any atom is -0.261 e. The van der Waals surface area contributed by atoms with Gasteiger partial charge < -0.3 is 0 Å². The van der Waals surface area contributed by atoms with E-state index in [-0.39, 0.29) is 17.0 Å². The summed E-state index contributed by atoms with van der Waals surface area (Å²) in [6.45, 7) is 0. The van der Waals surface area contributed by atoms with Gasteiger partial charge in [-0.05, 0) is 38.5 Å². The molecule has 0 bridgehead atoms. The Morgan fingerprint density at radius 2 is 0.852 bits per heavy atom. The molecule has 0 amide bonds. The molecule has 1 saturated heterocycles. The zero-order chi connectivity index (χ0) is 19.0. The summed E-state index contributed by atoms with van der Waals surface area (Å²) < 4.78 is 46.5. The average Bonchev–Trinajstić information content (AvgIpc) is 2.69. The van der Waals surface area contributed by atoms with Crippen LogP contribution in [-0.2, 0) is 22.1 Å². The molecule has 3 saturated carbocycles. The average molecular weight is 436 g/mol. The molecule has 8 heteroatoms. The molecule has 2 unspecified atom stereocenters. The fourth-order valence-electron chi connectivity index (χ4n) is 5.26. The summed E-state index contributed by atoms with van der Waals surface area (Å²) in [5, 5.41) is 0. The van der Waals surface area contributed by atoms with Gasteiger partial charge in [-0.2, -0.15) is 0 Å². The van der Waals surface area contributed by atoms with Gasteiger partial charge in [0.05, 0.1) is 11.3 Å². The highest BCUT2D eigenvalue weighted by molar-refractivity contribution is 7.84. The van der Waals surface area contributed by atoms with E-state index < -0.39 is 22.5 Å². The molecule has 156 valence electrons. The Kier molecular flexibility index (Phi) is 6.51. The van der Waals surface area contributed by atoms with E-state index in [1.54, 1.807) is 0 Å². The number of rotatable bonds is 3. The molecule has 0 aromatic rings. The van der Waals surface area contributed by atoms with E-state index in [1.165, 1.54) is 19.3 Å². The van der Waals surface area contributed by atoms with Crippen molar-refractivity contribution < 1.29 is 22.1 Å². The van der Waals surface area contributed by atoms with Crippen LogP contribution in [0.2, 0.25) is 0 Å². The molecule has 0 aromatic carbocycles. The van der Waals surface area contributed by atoms with Crippen LogP contribution in [0.25, 0.3) is 0 Å². The zero-order valence-electron chi connectivity index (χ0n) is 16.4. The van der Waals surface area contributed by atoms with Gasteiger partial charge in [-0.3, -0.25) is 17.8 Å². The van der Waals surface area contributed by atoms with Crippen molar-refractivity contribution in [2.75, 3.05) is 0 Å². The van der Waals surface area contributed by atoms with Gasteiger partial charge in [-0.25, -0.2) is 4.31 Å². The normalized spacial score (nSPS) is 43.6. The highest BCUT2D eigenvalue weighted by atomic mass is 31.3. The SMILES string of the molecule is C=P1(C2CCCCC2)OP(=O)(C2CCCCC2)OP(=O)(C2CCCCC2)O1. The van der Waals surface area contributed by atoms with E-state index in [0.29, 0.717) is 0 Å². The highest BCUT2D eigenvalue weighted by Gasteiger charge is 2.57. The van der Waals surface area contributed by atoms with Crippen molar-refractivity contribution in [1.29, 1.82) is 0 Å². The highest BCUT2D eigenvalue weighted by Crippen LogP contribution is 2.87. The van der Waals surface area contributed by atoms with Crippen LogP contribution in [0, 0.1) is 0 Å². The van der Waals surface area contributed by atoms with Gasteiger partial charge in [0.15, 0.2) is 0 Å². The third kappa shape index (κ3) is 4.40. The van der Waals surface area contributed by atoms with Crippen LogP contribution >= 0.6 is 22.5 Å². The third-order valence-corrected chi connectivity index (χ3v) is 17.2. The van der Waals surface area contributed by atoms with Gasteiger partial charge in [0, 0.05) is 5.66 Å². The van der Waals surface area contributed by atoms with Gasteiger partial charge in [-0.15, -0.1) is 0 Å². The van der Waals surface area contributed by atoms with Crippen LogP contribution in [0.3, 0.4) is 0 Å². The summed E-state index contributed by atoms with van der Waals surface area (Å²) in [5.41, 5.74) is -0.0995. The van der Waals surface area contributed by atoms with Crippen LogP contribution in [0.4, 0.5) is 0 Å². The molecule has 5 nitrogen and oxygen atoms in total. The Hall–Kier alpha value is 0.640. The summed E-state index contributed by atoms with van der Waals surface area (Å²) in [4.78, 5) is 0. The van der Waals surface area contributed by atoms with Crippen LogP contribution < -0.4 is 0 Å². The largest absolute Gasteiger partial charge is 0.345 e. The lowest BCUT2D eigenvalue weighted by Crippen LogP contribution is -2.26. The fraction of sp³-hybridized carbons (Fsp3) is 0.947. The van der Waals surface area contributed by atoms with E-state index in [0.717, 1.165) is 77.0 Å². The van der Waals surface area contributed by atoms with E-state index >= 15 is 0 Å². The Morgan fingerprint density at radius 1 is 0.519 bits per heavy atom. The lowest BCUT2D eigenvalue weighted by atomic mass is 10.0. The van der Waals surface area contributed by atoms with Crippen molar-refractivity contribution in [2.45, 2.75) is 113 Å². The molecule has 27 heavy (non-hydrogen) atoms. The first-order valence-corrected chi connectivity index (χ1v) is 16.1. The Bertz CT molecular complexity index is 552. The van der Waals surface area contributed by atoms with Gasteiger partial charge >= 0.3 is 15.2 Å². The Morgan fingerprint density at radius 3 is 1.22 bits per heavy atom. The smallest absolute Gasteiger partial charge is 0.261 e. The second-order valence-electron chi connectivity index (χ2n) is 8.93.